The van der Waals surface area contributed by atoms with E-state index in [4.69, 9.17) is 0 Å². The normalized spacial score (nSPS) is 4.50. The first kappa shape index (κ1) is 8.97. The largest absolute Gasteiger partial charge is 0.344 e. The summed E-state index contributed by atoms with van der Waals surface area (Å²) in [5.74, 6) is 0. The molecular weight excluding hydrogens is 211 g/mol. The minimum atomic E-state index is 0. The van der Waals surface area contributed by atoms with Gasteiger partial charge in [0.1, 0.15) is 0 Å². The average Bonchev–Trinajstić information content (AvgIpc) is 0.918. The molecule has 0 atom stereocenters. The van der Waals surface area contributed by atoms with Crippen LogP contribution in [-0.2, 0) is 0 Å². The van der Waals surface area contributed by atoms with Crippen molar-refractivity contribution in [3.63, 3.8) is 0 Å². The molecule has 0 spiro atoms. The van der Waals surface area contributed by atoms with Crippen LogP contribution in [0.4, 0.5) is 0 Å². The van der Waals surface area contributed by atoms with Gasteiger partial charge in [0.2, 0.25) is 0 Å². The SMILES string of the molecule is [CH2-]CC.[Lu]. The molecule has 0 fully saturated rings. The molecule has 35 valence electrons. The molecule has 0 unspecified atom stereocenters. The summed E-state index contributed by atoms with van der Waals surface area (Å²) in [6.45, 7) is 5.50. The van der Waals surface area contributed by atoms with Crippen molar-refractivity contribution in [3.8, 4) is 0 Å². The van der Waals surface area contributed by atoms with Crippen LogP contribution >= 0.6 is 0 Å². The Labute approximate surface area is 56.8 Å². The van der Waals surface area contributed by atoms with E-state index in [9.17, 15) is 0 Å². The standard InChI is InChI=1S/C3H7.Lu/c1-3-2;/h1,3H2,2H3;/q-1;. The molecule has 0 aliphatic carbocycles. The van der Waals surface area contributed by atoms with E-state index >= 15 is 0 Å². The molecule has 0 saturated heterocycles. The Hall–Kier alpha value is 1.23. The van der Waals surface area contributed by atoms with Crippen molar-refractivity contribution in [2.75, 3.05) is 0 Å². The minimum absolute atomic E-state index is 0. The summed E-state index contributed by atoms with van der Waals surface area (Å²) in [7, 11) is 0. The average molecular weight is 218 g/mol. The second kappa shape index (κ2) is 8.87. The molecule has 0 aromatic heterocycles. The molecule has 0 rings (SSSR count). The van der Waals surface area contributed by atoms with E-state index in [1.54, 1.807) is 0 Å². The number of hydrogen-bond acceptors (Lipinski definition) is 0. The predicted molar refractivity (Wildman–Crippen MR) is 15.6 cm³/mol. The fraction of sp³-hybridized carbons (Fsp3) is 0.667. The van der Waals surface area contributed by atoms with Crippen LogP contribution in [0.15, 0.2) is 0 Å². The van der Waals surface area contributed by atoms with Crippen molar-refractivity contribution < 1.29 is 36.9 Å². The van der Waals surface area contributed by atoms with Gasteiger partial charge in [-0.25, -0.2) is 0 Å². The Morgan fingerprint density at radius 1 is 1.75 bits per heavy atom. The van der Waals surface area contributed by atoms with Crippen molar-refractivity contribution in [1.29, 1.82) is 0 Å². The van der Waals surface area contributed by atoms with E-state index in [0.717, 1.165) is 6.42 Å². The van der Waals surface area contributed by atoms with Gasteiger partial charge in [0.25, 0.3) is 0 Å². The Kier molecular flexibility index (Phi) is 19.9. The second-order valence-electron chi connectivity index (χ2n) is 0.500. The maximum atomic E-state index is 3.49. The predicted octanol–water partition coefficient (Wildman–Crippen LogP) is 1.23. The van der Waals surface area contributed by atoms with Gasteiger partial charge in [-0.3, -0.25) is 0 Å². The molecule has 0 aliphatic rings. The van der Waals surface area contributed by atoms with E-state index in [1.165, 1.54) is 0 Å². The van der Waals surface area contributed by atoms with Crippen molar-refractivity contribution in [3.05, 3.63) is 6.92 Å². The molecule has 0 bridgehead atoms. The maximum absolute atomic E-state index is 3.49. The van der Waals surface area contributed by atoms with E-state index in [0.29, 0.717) is 0 Å². The van der Waals surface area contributed by atoms with E-state index in [-0.39, 0.29) is 36.9 Å². The van der Waals surface area contributed by atoms with Gasteiger partial charge < -0.3 is 6.92 Å². The van der Waals surface area contributed by atoms with Crippen molar-refractivity contribution in [2.24, 2.45) is 0 Å². The first-order valence-corrected chi connectivity index (χ1v) is 1.21. The second-order valence-corrected chi connectivity index (χ2v) is 0.500. The zero-order valence-corrected chi connectivity index (χ0v) is 4.33. The molecule has 1 radical (unpaired) electrons. The molecule has 4 heavy (non-hydrogen) atoms. The Bertz CT molecular complexity index is 3.25. The Morgan fingerprint density at radius 2 is 1.75 bits per heavy atom. The molecule has 0 amide bonds. The van der Waals surface area contributed by atoms with Crippen LogP contribution in [0.2, 0.25) is 0 Å². The molecule has 0 aromatic rings. The first-order valence-electron chi connectivity index (χ1n) is 1.21. The summed E-state index contributed by atoms with van der Waals surface area (Å²) in [6.07, 6.45) is 1.00. The van der Waals surface area contributed by atoms with Crippen LogP contribution in [0.25, 0.3) is 0 Å². The summed E-state index contributed by atoms with van der Waals surface area (Å²) < 4.78 is 0. The van der Waals surface area contributed by atoms with Gasteiger partial charge in [0, 0.05) is 36.9 Å². The van der Waals surface area contributed by atoms with Crippen molar-refractivity contribution in [2.45, 2.75) is 13.3 Å². The van der Waals surface area contributed by atoms with Gasteiger partial charge in [0.05, 0.1) is 0 Å². The molecule has 0 aliphatic heterocycles. The van der Waals surface area contributed by atoms with Gasteiger partial charge in [0.15, 0.2) is 0 Å². The first-order chi connectivity index (χ1) is 1.41. The van der Waals surface area contributed by atoms with Crippen LogP contribution in [0.5, 0.6) is 0 Å². The van der Waals surface area contributed by atoms with E-state index in [2.05, 4.69) is 6.92 Å². The van der Waals surface area contributed by atoms with Crippen LogP contribution in [0, 0.1) is 43.8 Å². The van der Waals surface area contributed by atoms with E-state index in [1.807, 2.05) is 6.92 Å². The number of rotatable bonds is 0. The van der Waals surface area contributed by atoms with Crippen molar-refractivity contribution >= 4 is 0 Å². The van der Waals surface area contributed by atoms with Crippen LogP contribution in [0.3, 0.4) is 0 Å². The summed E-state index contributed by atoms with van der Waals surface area (Å²) in [4.78, 5) is 0. The molecule has 1 heteroatoms. The molecular formula is C3H7Lu-. The van der Waals surface area contributed by atoms with Gasteiger partial charge in [-0.15, -0.1) is 0 Å². The maximum Gasteiger partial charge on any atom is 0 e. The van der Waals surface area contributed by atoms with Gasteiger partial charge >= 0.3 is 0 Å². The minimum Gasteiger partial charge on any atom is -0.344 e. The third kappa shape index (κ3) is 10.6. The van der Waals surface area contributed by atoms with E-state index < -0.39 is 0 Å². The zero-order chi connectivity index (χ0) is 2.71. The fourth-order valence-electron chi connectivity index (χ4n) is 0. The van der Waals surface area contributed by atoms with Gasteiger partial charge in [-0.05, 0) is 0 Å². The summed E-state index contributed by atoms with van der Waals surface area (Å²) in [6, 6.07) is 0. The number of hydrogen-bond donors (Lipinski definition) is 0. The third-order valence-corrected chi connectivity index (χ3v) is 0. The monoisotopic (exact) mass is 218 g/mol. The van der Waals surface area contributed by atoms with Gasteiger partial charge in [-0.1, -0.05) is 6.92 Å². The topological polar surface area (TPSA) is 0 Å². The molecule has 0 nitrogen and oxygen atoms in total. The molecule has 0 heterocycles. The summed E-state index contributed by atoms with van der Waals surface area (Å²) in [5.41, 5.74) is 0. The Balaban J connectivity index is 0. The smallest absolute Gasteiger partial charge is 0 e. The van der Waals surface area contributed by atoms with Crippen LogP contribution in [-0.4, -0.2) is 0 Å². The Morgan fingerprint density at radius 3 is 1.75 bits per heavy atom. The van der Waals surface area contributed by atoms with Crippen molar-refractivity contribution in [1.82, 2.24) is 0 Å². The molecule has 0 saturated carbocycles. The molecule has 0 aromatic carbocycles. The summed E-state index contributed by atoms with van der Waals surface area (Å²) >= 11 is 0. The quantitative estimate of drug-likeness (QED) is 0.536. The molecule has 0 N–H and O–H groups in total. The zero-order valence-electron chi connectivity index (χ0n) is 2.67. The van der Waals surface area contributed by atoms with Gasteiger partial charge in [-0.2, -0.15) is 6.42 Å². The van der Waals surface area contributed by atoms with Crippen LogP contribution in [0.1, 0.15) is 13.3 Å². The third-order valence-electron chi connectivity index (χ3n) is 0. The summed E-state index contributed by atoms with van der Waals surface area (Å²) in [5, 5.41) is 0. The van der Waals surface area contributed by atoms with Crippen LogP contribution < -0.4 is 0 Å². The fourth-order valence-corrected chi connectivity index (χ4v) is 0.